The molecule has 3 aromatic rings. The maximum absolute atomic E-state index is 15.5. The van der Waals surface area contributed by atoms with Gasteiger partial charge in [-0.3, -0.25) is 9.78 Å². The van der Waals surface area contributed by atoms with Crippen molar-refractivity contribution in [2.45, 2.75) is 58.4 Å². The number of benzene rings is 1. The fourth-order valence-corrected chi connectivity index (χ4v) is 6.63. The number of ether oxygens (including phenoxy) is 2. The maximum atomic E-state index is 15.5. The van der Waals surface area contributed by atoms with Gasteiger partial charge in [0.2, 0.25) is 0 Å². The number of pyridine rings is 2. The zero-order valence-electron chi connectivity index (χ0n) is 23.3. The van der Waals surface area contributed by atoms with Crippen LogP contribution < -0.4 is 20.5 Å². The molecule has 3 heterocycles. The van der Waals surface area contributed by atoms with Crippen LogP contribution in [0.1, 0.15) is 67.6 Å². The van der Waals surface area contributed by atoms with E-state index in [1.807, 2.05) is 6.07 Å². The molecule has 7 nitrogen and oxygen atoms in total. The predicted octanol–water partition coefficient (Wildman–Crippen LogP) is 6.12. The first-order valence-electron chi connectivity index (χ1n) is 13.9. The molecule has 5 rings (SSSR count). The van der Waals surface area contributed by atoms with Crippen molar-refractivity contribution < 1.29 is 23.0 Å². The lowest BCUT2D eigenvalue weighted by molar-refractivity contribution is 0.102. The minimum Gasteiger partial charge on any atom is -0.496 e. The third kappa shape index (κ3) is 5.14. The summed E-state index contributed by atoms with van der Waals surface area (Å²) in [4.78, 5) is 21.9. The van der Waals surface area contributed by atoms with E-state index >= 15 is 8.78 Å². The van der Waals surface area contributed by atoms with Crippen molar-refractivity contribution in [3.05, 3.63) is 65.1 Å². The Kier molecular flexibility index (Phi) is 8.03. The van der Waals surface area contributed by atoms with Gasteiger partial charge < -0.3 is 20.5 Å². The second-order valence-electron chi connectivity index (χ2n) is 11.1. The Bertz CT molecular complexity index is 1410. The molecule has 0 saturated heterocycles. The quantitative estimate of drug-likeness (QED) is 0.368. The molecule has 2 aromatic heterocycles. The van der Waals surface area contributed by atoms with E-state index in [0.29, 0.717) is 42.0 Å². The molecule has 212 valence electrons. The van der Waals surface area contributed by atoms with E-state index in [9.17, 15) is 4.79 Å². The summed E-state index contributed by atoms with van der Waals surface area (Å²) < 4.78 is 41.3. The third-order valence-corrected chi connectivity index (χ3v) is 8.44. The van der Waals surface area contributed by atoms with Gasteiger partial charge >= 0.3 is 0 Å². The van der Waals surface area contributed by atoms with Crippen molar-refractivity contribution in [2.75, 3.05) is 19.0 Å². The normalized spacial score (nSPS) is 22.1. The number of hydrogen-bond acceptors (Lipinski definition) is 6. The number of carbonyl (C=O) groups is 1. The highest BCUT2D eigenvalue weighted by Gasteiger charge is 2.38. The smallest absolute Gasteiger partial charge is 0.274 e. The lowest BCUT2D eigenvalue weighted by Crippen LogP contribution is -2.44. The number of nitrogens with two attached hydrogens (primary N) is 1. The predicted molar refractivity (Wildman–Crippen MR) is 150 cm³/mol. The molecule has 9 heteroatoms. The van der Waals surface area contributed by atoms with Gasteiger partial charge in [0.25, 0.3) is 5.91 Å². The molecular weight excluding hydrogens is 514 g/mol. The highest BCUT2D eigenvalue weighted by Crippen LogP contribution is 2.45. The molecule has 1 aromatic carbocycles. The van der Waals surface area contributed by atoms with Crippen LogP contribution in [0.3, 0.4) is 0 Å². The minimum absolute atomic E-state index is 0.0580. The number of carbonyl (C=O) groups excluding carboxylic acids is 1. The van der Waals surface area contributed by atoms with Gasteiger partial charge in [-0.05, 0) is 66.3 Å². The Morgan fingerprint density at radius 2 is 2.05 bits per heavy atom. The largest absolute Gasteiger partial charge is 0.496 e. The Labute approximate surface area is 233 Å². The van der Waals surface area contributed by atoms with Crippen LogP contribution in [0.4, 0.5) is 14.5 Å². The van der Waals surface area contributed by atoms with Crippen LogP contribution in [0, 0.1) is 29.4 Å². The number of nitrogens with one attached hydrogen (secondary N) is 1. The van der Waals surface area contributed by atoms with Crippen LogP contribution >= 0.6 is 0 Å². The number of methoxy groups -OCH3 is 1. The van der Waals surface area contributed by atoms with E-state index in [0.717, 1.165) is 30.9 Å². The number of aromatic nitrogens is 2. The number of amides is 1. The van der Waals surface area contributed by atoms with Crippen molar-refractivity contribution in [3.63, 3.8) is 0 Å². The fraction of sp³-hybridized carbons (Fsp3) is 0.452. The van der Waals surface area contributed by atoms with Crippen LogP contribution in [-0.2, 0) is 6.42 Å². The summed E-state index contributed by atoms with van der Waals surface area (Å²) in [5.74, 6) is -0.328. The number of rotatable bonds is 7. The average Bonchev–Trinajstić information content (AvgIpc) is 3.42. The van der Waals surface area contributed by atoms with Crippen molar-refractivity contribution >= 4 is 11.6 Å². The first kappa shape index (κ1) is 28.0. The van der Waals surface area contributed by atoms with Crippen molar-refractivity contribution in [1.29, 1.82) is 0 Å². The van der Waals surface area contributed by atoms with Crippen molar-refractivity contribution in [1.82, 2.24) is 9.97 Å². The van der Waals surface area contributed by atoms with Gasteiger partial charge in [0.1, 0.15) is 23.0 Å². The van der Waals surface area contributed by atoms with Crippen molar-refractivity contribution in [3.8, 4) is 22.8 Å². The molecule has 0 bridgehead atoms. The van der Waals surface area contributed by atoms with Gasteiger partial charge in [-0.2, -0.15) is 0 Å². The molecule has 1 saturated carbocycles. The van der Waals surface area contributed by atoms with E-state index in [2.05, 4.69) is 36.1 Å². The van der Waals surface area contributed by atoms with Gasteiger partial charge in [-0.25, -0.2) is 13.8 Å². The topological polar surface area (TPSA) is 99.4 Å². The molecule has 4 atom stereocenters. The molecule has 2 aliphatic rings. The molecule has 0 spiro atoms. The summed E-state index contributed by atoms with van der Waals surface area (Å²) in [6.07, 6.45) is 6.67. The molecular formula is C31H36F2N4O3. The molecule has 1 amide bonds. The van der Waals surface area contributed by atoms with Gasteiger partial charge in [0, 0.05) is 24.2 Å². The van der Waals surface area contributed by atoms with Gasteiger partial charge in [0.05, 0.1) is 31.2 Å². The molecule has 1 aliphatic carbocycles. The standard InChI is InChI=1S/C31H36F2N4O3/c1-5-17-12-19(13-22(34)26(17)16(2)3)20-8-10-35-15-24(20)37-31(38)23-7-6-21(32)29(36-23)27-25(39-4)14-18-9-11-40-30(18)28(27)33/h6-8,10,14-17,19,22,26H,5,9,11-13,34H2,1-4H3,(H,37,38). The third-order valence-electron chi connectivity index (χ3n) is 8.44. The van der Waals surface area contributed by atoms with Crippen LogP contribution in [0.5, 0.6) is 11.5 Å². The highest BCUT2D eigenvalue weighted by atomic mass is 19.1. The van der Waals surface area contributed by atoms with E-state index in [-0.39, 0.29) is 40.4 Å². The molecule has 1 fully saturated rings. The first-order chi connectivity index (χ1) is 19.2. The highest BCUT2D eigenvalue weighted by molar-refractivity contribution is 6.03. The van der Waals surface area contributed by atoms with Crippen LogP contribution in [-0.4, -0.2) is 35.6 Å². The molecule has 3 N–H and O–H groups in total. The number of halogens is 2. The van der Waals surface area contributed by atoms with Gasteiger partial charge in [-0.15, -0.1) is 0 Å². The number of fused-ring (bicyclic) bond motifs is 1. The Balaban J connectivity index is 1.44. The first-order valence-corrected chi connectivity index (χ1v) is 13.9. The summed E-state index contributed by atoms with van der Waals surface area (Å²) >= 11 is 0. The summed E-state index contributed by atoms with van der Waals surface area (Å²) in [5, 5.41) is 2.91. The Hall–Kier alpha value is -3.59. The Morgan fingerprint density at radius 3 is 2.77 bits per heavy atom. The number of hydrogen-bond donors (Lipinski definition) is 2. The van der Waals surface area contributed by atoms with Gasteiger partial charge in [0.15, 0.2) is 11.6 Å². The number of nitrogens with zero attached hydrogens (tertiary/aromatic N) is 2. The SMILES string of the molecule is CCC1CC(c2ccncc2NC(=O)c2ccc(F)c(-c3c(OC)cc4c(c3F)OCC4)n2)CC(N)C1C(C)C. The van der Waals surface area contributed by atoms with Crippen LogP contribution in [0.15, 0.2) is 36.7 Å². The molecule has 1 aliphatic heterocycles. The van der Waals surface area contributed by atoms with Crippen molar-refractivity contribution in [2.24, 2.45) is 23.5 Å². The summed E-state index contributed by atoms with van der Waals surface area (Å²) in [6.45, 7) is 6.99. The Morgan fingerprint density at radius 1 is 1.25 bits per heavy atom. The average molecular weight is 551 g/mol. The summed E-state index contributed by atoms with van der Waals surface area (Å²) in [5.41, 5.74) is 8.27. The van der Waals surface area contributed by atoms with Gasteiger partial charge in [-0.1, -0.05) is 27.2 Å². The van der Waals surface area contributed by atoms with E-state index in [1.165, 1.54) is 13.2 Å². The van der Waals surface area contributed by atoms with E-state index < -0.39 is 17.5 Å². The lowest BCUT2D eigenvalue weighted by Gasteiger charge is -2.43. The summed E-state index contributed by atoms with van der Waals surface area (Å²) in [6, 6.07) is 5.98. The molecule has 40 heavy (non-hydrogen) atoms. The molecule has 4 unspecified atom stereocenters. The number of anilines is 1. The second kappa shape index (κ2) is 11.5. The van der Waals surface area contributed by atoms with Crippen LogP contribution in [0.2, 0.25) is 0 Å². The second-order valence-corrected chi connectivity index (χ2v) is 11.1. The zero-order chi connectivity index (χ0) is 28.6. The fourth-order valence-electron chi connectivity index (χ4n) is 6.63. The van der Waals surface area contributed by atoms with Crippen LogP contribution in [0.25, 0.3) is 11.3 Å². The monoisotopic (exact) mass is 550 g/mol. The summed E-state index contributed by atoms with van der Waals surface area (Å²) in [7, 11) is 1.38. The van der Waals surface area contributed by atoms with E-state index in [4.69, 9.17) is 15.2 Å². The maximum Gasteiger partial charge on any atom is 0.274 e. The zero-order valence-corrected chi connectivity index (χ0v) is 23.3. The molecule has 0 radical (unpaired) electrons. The lowest BCUT2D eigenvalue weighted by atomic mass is 9.65. The minimum atomic E-state index is -0.782. The van der Waals surface area contributed by atoms with E-state index in [1.54, 1.807) is 18.5 Å².